The number of rotatable bonds is 2. The maximum atomic E-state index is 13.4. The summed E-state index contributed by atoms with van der Waals surface area (Å²) < 4.78 is 18.7. The summed E-state index contributed by atoms with van der Waals surface area (Å²) in [4.78, 5) is 36.0. The fourth-order valence-corrected chi connectivity index (χ4v) is 3.06. The quantitative estimate of drug-likeness (QED) is 0.770. The van der Waals surface area contributed by atoms with Crippen molar-refractivity contribution in [2.75, 3.05) is 22.6 Å². The summed E-state index contributed by atoms with van der Waals surface area (Å²) in [5, 5.41) is 7.97. The predicted octanol–water partition coefficient (Wildman–Crippen LogP) is 2.22. The van der Waals surface area contributed by atoms with E-state index in [2.05, 4.69) is 16.0 Å². The van der Waals surface area contributed by atoms with Crippen LogP contribution in [0.5, 0.6) is 5.75 Å². The van der Waals surface area contributed by atoms with Gasteiger partial charge in [0.15, 0.2) is 6.61 Å². The first-order valence-corrected chi connectivity index (χ1v) is 7.96. The third kappa shape index (κ3) is 2.97. The lowest BCUT2D eigenvalue weighted by Gasteiger charge is -2.25. The number of hydrogen-bond acceptors (Lipinski definition) is 4. The summed E-state index contributed by atoms with van der Waals surface area (Å²) in [5.74, 6) is -1.73. The molecule has 132 valence electrons. The van der Waals surface area contributed by atoms with Gasteiger partial charge >= 0.3 is 0 Å². The second-order valence-corrected chi connectivity index (χ2v) is 6.07. The number of halogens is 1. The standard InChI is InChI=1S/C18H14FN3O4/c19-9-1-3-11-12(7-16(23)21-13(11)5-9)18(25)20-10-2-4-15-14(6-10)22-17(24)8-26-15/h1-6,12H,7-8H2,(H,20,25)(H,21,23)(H,22,24). The van der Waals surface area contributed by atoms with Crippen LogP contribution in [0.2, 0.25) is 0 Å². The summed E-state index contributed by atoms with van der Waals surface area (Å²) in [7, 11) is 0. The molecule has 0 aromatic heterocycles. The number of nitrogens with one attached hydrogen (secondary N) is 3. The maximum Gasteiger partial charge on any atom is 0.262 e. The molecule has 0 saturated carbocycles. The second-order valence-electron chi connectivity index (χ2n) is 6.07. The Bertz CT molecular complexity index is 944. The Kier molecular flexibility index (Phi) is 3.80. The zero-order valence-electron chi connectivity index (χ0n) is 13.5. The number of fused-ring (bicyclic) bond motifs is 2. The monoisotopic (exact) mass is 355 g/mol. The average Bonchev–Trinajstić information content (AvgIpc) is 2.60. The molecule has 7 nitrogen and oxygen atoms in total. The smallest absolute Gasteiger partial charge is 0.262 e. The van der Waals surface area contributed by atoms with E-state index in [1.54, 1.807) is 18.2 Å². The van der Waals surface area contributed by atoms with Gasteiger partial charge in [0.25, 0.3) is 5.91 Å². The van der Waals surface area contributed by atoms with Gasteiger partial charge in [0, 0.05) is 17.8 Å². The number of benzene rings is 2. The number of anilines is 3. The lowest BCUT2D eigenvalue weighted by atomic mass is 9.89. The van der Waals surface area contributed by atoms with Crippen LogP contribution in [0.4, 0.5) is 21.5 Å². The van der Waals surface area contributed by atoms with Crippen molar-refractivity contribution in [3.63, 3.8) is 0 Å². The summed E-state index contributed by atoms with van der Waals surface area (Å²) >= 11 is 0. The Labute approximate surface area is 147 Å². The van der Waals surface area contributed by atoms with Crippen LogP contribution in [0.25, 0.3) is 0 Å². The number of amides is 3. The van der Waals surface area contributed by atoms with Gasteiger partial charge in [0.1, 0.15) is 11.6 Å². The fraction of sp³-hybridized carbons (Fsp3) is 0.167. The molecule has 1 unspecified atom stereocenters. The van der Waals surface area contributed by atoms with Gasteiger partial charge in [-0.05, 0) is 35.9 Å². The largest absolute Gasteiger partial charge is 0.482 e. The minimum absolute atomic E-state index is 0.0325. The molecule has 2 aromatic carbocycles. The molecule has 2 aliphatic heterocycles. The summed E-state index contributed by atoms with van der Waals surface area (Å²) in [5.41, 5.74) is 1.77. The molecule has 2 heterocycles. The van der Waals surface area contributed by atoms with Crippen LogP contribution >= 0.6 is 0 Å². The highest BCUT2D eigenvalue weighted by Gasteiger charge is 2.31. The van der Waals surface area contributed by atoms with E-state index >= 15 is 0 Å². The Morgan fingerprint density at radius 3 is 2.73 bits per heavy atom. The highest BCUT2D eigenvalue weighted by Crippen LogP contribution is 2.35. The molecule has 1 atom stereocenters. The van der Waals surface area contributed by atoms with Gasteiger partial charge in [-0.15, -0.1) is 0 Å². The SMILES string of the molecule is O=C1COc2ccc(NC(=O)C3CC(=O)Nc4cc(F)ccc43)cc2N1. The van der Waals surface area contributed by atoms with E-state index < -0.39 is 17.6 Å². The van der Waals surface area contributed by atoms with E-state index in [0.29, 0.717) is 28.4 Å². The highest BCUT2D eigenvalue weighted by molar-refractivity contribution is 6.05. The van der Waals surface area contributed by atoms with Crippen molar-refractivity contribution in [1.82, 2.24) is 0 Å². The molecule has 0 bridgehead atoms. The first-order chi connectivity index (χ1) is 12.5. The van der Waals surface area contributed by atoms with Crippen LogP contribution < -0.4 is 20.7 Å². The first kappa shape index (κ1) is 16.1. The normalized spacial score (nSPS) is 18.0. The number of carbonyl (C=O) groups is 3. The third-order valence-electron chi connectivity index (χ3n) is 4.25. The van der Waals surface area contributed by atoms with Crippen molar-refractivity contribution < 1.29 is 23.5 Å². The van der Waals surface area contributed by atoms with Gasteiger partial charge in [-0.2, -0.15) is 0 Å². The Morgan fingerprint density at radius 1 is 1.08 bits per heavy atom. The van der Waals surface area contributed by atoms with E-state index in [1.165, 1.54) is 18.2 Å². The van der Waals surface area contributed by atoms with Gasteiger partial charge in [0.2, 0.25) is 11.8 Å². The van der Waals surface area contributed by atoms with Gasteiger partial charge in [0.05, 0.1) is 11.6 Å². The molecule has 8 heteroatoms. The van der Waals surface area contributed by atoms with Crippen molar-refractivity contribution in [3.8, 4) is 5.75 Å². The molecule has 2 aromatic rings. The molecule has 2 aliphatic rings. The van der Waals surface area contributed by atoms with E-state index in [-0.39, 0.29) is 24.8 Å². The van der Waals surface area contributed by atoms with E-state index in [9.17, 15) is 18.8 Å². The van der Waals surface area contributed by atoms with Crippen LogP contribution in [-0.4, -0.2) is 24.3 Å². The molecule has 3 N–H and O–H groups in total. The van der Waals surface area contributed by atoms with E-state index in [4.69, 9.17) is 4.74 Å². The van der Waals surface area contributed by atoms with Crippen molar-refractivity contribution in [3.05, 3.63) is 47.8 Å². The molecule has 0 radical (unpaired) electrons. The number of ether oxygens (including phenoxy) is 1. The predicted molar refractivity (Wildman–Crippen MR) is 91.6 cm³/mol. The van der Waals surface area contributed by atoms with Crippen molar-refractivity contribution in [2.45, 2.75) is 12.3 Å². The Morgan fingerprint density at radius 2 is 1.88 bits per heavy atom. The summed E-state index contributed by atoms with van der Waals surface area (Å²) in [6.45, 7) is -0.0523. The van der Waals surface area contributed by atoms with Crippen molar-refractivity contribution in [1.29, 1.82) is 0 Å². The highest BCUT2D eigenvalue weighted by atomic mass is 19.1. The molecular formula is C18H14FN3O4. The molecule has 26 heavy (non-hydrogen) atoms. The minimum Gasteiger partial charge on any atom is -0.482 e. The topological polar surface area (TPSA) is 96.5 Å². The lowest BCUT2D eigenvalue weighted by Crippen LogP contribution is -2.31. The lowest BCUT2D eigenvalue weighted by molar-refractivity contribution is -0.123. The zero-order valence-corrected chi connectivity index (χ0v) is 13.5. The van der Waals surface area contributed by atoms with Gasteiger partial charge in [-0.1, -0.05) is 6.07 Å². The molecule has 0 spiro atoms. The molecule has 0 fully saturated rings. The van der Waals surface area contributed by atoms with Crippen molar-refractivity contribution in [2.24, 2.45) is 0 Å². The van der Waals surface area contributed by atoms with Crippen LogP contribution in [0.3, 0.4) is 0 Å². The van der Waals surface area contributed by atoms with Gasteiger partial charge in [-0.25, -0.2) is 4.39 Å². The molecule has 0 saturated heterocycles. The minimum atomic E-state index is -0.735. The van der Waals surface area contributed by atoms with E-state index in [1.807, 2.05) is 0 Å². The van der Waals surface area contributed by atoms with Gasteiger partial charge < -0.3 is 20.7 Å². The van der Waals surface area contributed by atoms with Crippen LogP contribution in [-0.2, 0) is 14.4 Å². The fourth-order valence-electron chi connectivity index (χ4n) is 3.06. The average molecular weight is 355 g/mol. The number of hydrogen-bond donors (Lipinski definition) is 3. The third-order valence-corrected chi connectivity index (χ3v) is 4.25. The molecular weight excluding hydrogens is 341 g/mol. The molecule has 3 amide bonds. The summed E-state index contributed by atoms with van der Waals surface area (Å²) in [6, 6.07) is 8.80. The Hall–Kier alpha value is -3.42. The van der Waals surface area contributed by atoms with Crippen LogP contribution in [0.1, 0.15) is 17.9 Å². The maximum absolute atomic E-state index is 13.4. The summed E-state index contributed by atoms with van der Waals surface area (Å²) in [6.07, 6.45) is -0.0325. The Balaban J connectivity index is 1.58. The molecule has 4 rings (SSSR count). The van der Waals surface area contributed by atoms with Crippen LogP contribution in [0.15, 0.2) is 36.4 Å². The molecule has 0 aliphatic carbocycles. The van der Waals surface area contributed by atoms with Crippen molar-refractivity contribution >= 4 is 34.8 Å². The van der Waals surface area contributed by atoms with Crippen LogP contribution in [0, 0.1) is 5.82 Å². The second kappa shape index (κ2) is 6.14. The zero-order chi connectivity index (χ0) is 18.3. The number of carbonyl (C=O) groups excluding carboxylic acids is 3. The van der Waals surface area contributed by atoms with Gasteiger partial charge in [-0.3, -0.25) is 14.4 Å². The van der Waals surface area contributed by atoms with E-state index in [0.717, 1.165) is 0 Å². The first-order valence-electron chi connectivity index (χ1n) is 7.96.